The Bertz CT molecular complexity index is 1020. The van der Waals surface area contributed by atoms with Crippen molar-refractivity contribution in [2.75, 3.05) is 39.8 Å². The fourth-order valence-electron chi connectivity index (χ4n) is 4.03. The van der Waals surface area contributed by atoms with Crippen LogP contribution in [0.5, 0.6) is 5.75 Å². The molecule has 8 nitrogen and oxygen atoms in total. The Hall–Kier alpha value is -3.13. The molecular formula is C23H30N6O2. The number of para-hydroxylation sites is 1. The molecule has 1 N–H and O–H groups in total. The van der Waals surface area contributed by atoms with E-state index in [0.717, 1.165) is 43.3 Å². The average Bonchev–Trinajstić information content (AvgIpc) is 3.47. The Balaban J connectivity index is 1.32. The zero-order valence-electron chi connectivity index (χ0n) is 18.4. The molecule has 0 spiro atoms. The lowest BCUT2D eigenvalue weighted by Gasteiger charge is -2.34. The largest absolute Gasteiger partial charge is 0.496 e. The van der Waals surface area contributed by atoms with Crippen LogP contribution in [0.3, 0.4) is 0 Å². The smallest absolute Gasteiger partial charge is 0.271 e. The van der Waals surface area contributed by atoms with Gasteiger partial charge < -0.3 is 14.2 Å². The predicted octanol–water partition coefficient (Wildman–Crippen LogP) is 2.86. The molecule has 8 heteroatoms. The topological polar surface area (TPSA) is 79.3 Å². The lowest BCUT2D eigenvalue weighted by molar-refractivity contribution is 0.0627. The summed E-state index contributed by atoms with van der Waals surface area (Å²) in [5, 5.41) is 7.24. The number of rotatable bonds is 7. The second kappa shape index (κ2) is 9.34. The second-order valence-corrected chi connectivity index (χ2v) is 8.13. The lowest BCUT2D eigenvalue weighted by Crippen LogP contribution is -2.49. The molecule has 164 valence electrons. The van der Waals surface area contributed by atoms with E-state index >= 15 is 0 Å². The minimum absolute atomic E-state index is 0.00926. The van der Waals surface area contributed by atoms with E-state index in [9.17, 15) is 4.79 Å². The first kappa shape index (κ1) is 21.1. The van der Waals surface area contributed by atoms with Crippen molar-refractivity contribution >= 4 is 5.91 Å². The molecule has 1 aliphatic heterocycles. The molecule has 4 rings (SSSR count). The number of ether oxygens (including phenoxy) is 1. The standard InChI is InChI=1S/C23H30N6O2/c1-17(2)22-24-8-9-28(22)13-10-27-11-14-29(15-12-27)23(30)20-16-19(25-26-20)18-6-4-5-7-21(18)31-3/h4-9,16-17H,10-15H2,1-3H3,(H,25,26). The van der Waals surface area contributed by atoms with Crippen molar-refractivity contribution < 1.29 is 9.53 Å². The summed E-state index contributed by atoms with van der Waals surface area (Å²) in [4.78, 5) is 21.7. The van der Waals surface area contributed by atoms with Gasteiger partial charge in [0.05, 0.1) is 12.8 Å². The molecule has 3 aromatic rings. The summed E-state index contributed by atoms with van der Waals surface area (Å²) < 4.78 is 7.64. The Morgan fingerprint density at radius 1 is 1.16 bits per heavy atom. The van der Waals surface area contributed by atoms with E-state index in [1.165, 1.54) is 0 Å². The highest BCUT2D eigenvalue weighted by Crippen LogP contribution is 2.28. The molecule has 1 saturated heterocycles. The molecule has 1 fully saturated rings. The second-order valence-electron chi connectivity index (χ2n) is 8.13. The summed E-state index contributed by atoms with van der Waals surface area (Å²) in [6, 6.07) is 9.48. The van der Waals surface area contributed by atoms with E-state index in [0.29, 0.717) is 30.4 Å². The average molecular weight is 423 g/mol. The Morgan fingerprint density at radius 3 is 2.68 bits per heavy atom. The third-order valence-corrected chi connectivity index (χ3v) is 5.77. The van der Waals surface area contributed by atoms with Crippen LogP contribution in [0.2, 0.25) is 0 Å². The minimum Gasteiger partial charge on any atom is -0.496 e. The highest BCUT2D eigenvalue weighted by Gasteiger charge is 2.24. The van der Waals surface area contributed by atoms with Crippen LogP contribution in [0, 0.1) is 0 Å². The highest BCUT2D eigenvalue weighted by molar-refractivity contribution is 5.93. The van der Waals surface area contributed by atoms with Gasteiger partial charge in [0.1, 0.15) is 17.3 Å². The van der Waals surface area contributed by atoms with Gasteiger partial charge in [0.15, 0.2) is 0 Å². The molecule has 0 aliphatic carbocycles. The van der Waals surface area contributed by atoms with Crippen molar-refractivity contribution in [1.29, 1.82) is 0 Å². The number of methoxy groups -OCH3 is 1. The number of piperazine rings is 1. The number of aromatic amines is 1. The lowest BCUT2D eigenvalue weighted by atomic mass is 10.1. The molecule has 0 atom stereocenters. The molecule has 1 aliphatic rings. The van der Waals surface area contributed by atoms with Crippen molar-refractivity contribution in [3.8, 4) is 17.0 Å². The molecular weight excluding hydrogens is 392 g/mol. The van der Waals surface area contributed by atoms with Gasteiger partial charge in [-0.05, 0) is 18.2 Å². The van der Waals surface area contributed by atoms with Gasteiger partial charge in [0, 0.05) is 63.1 Å². The summed E-state index contributed by atoms with van der Waals surface area (Å²) in [6.07, 6.45) is 3.92. The minimum atomic E-state index is -0.00926. The van der Waals surface area contributed by atoms with Crippen LogP contribution >= 0.6 is 0 Å². The molecule has 0 radical (unpaired) electrons. The van der Waals surface area contributed by atoms with E-state index in [1.54, 1.807) is 13.2 Å². The Kier molecular flexibility index (Phi) is 6.36. The monoisotopic (exact) mass is 422 g/mol. The number of nitrogens with zero attached hydrogens (tertiary/aromatic N) is 5. The molecule has 3 heterocycles. The number of carbonyl (C=O) groups excluding carboxylic acids is 1. The summed E-state index contributed by atoms with van der Waals surface area (Å²) >= 11 is 0. The summed E-state index contributed by atoms with van der Waals surface area (Å²) in [6.45, 7) is 9.36. The number of nitrogens with one attached hydrogen (secondary N) is 1. The summed E-state index contributed by atoms with van der Waals surface area (Å²) in [5.74, 6) is 2.27. The SMILES string of the molecule is COc1ccccc1-c1cc(C(=O)N2CCN(CCn3ccnc3C(C)C)CC2)[nH]n1. The number of benzene rings is 1. The Labute approximate surface area is 182 Å². The van der Waals surface area contributed by atoms with E-state index in [1.807, 2.05) is 41.6 Å². The predicted molar refractivity (Wildman–Crippen MR) is 119 cm³/mol. The maximum absolute atomic E-state index is 13.0. The van der Waals surface area contributed by atoms with Gasteiger partial charge in [0.25, 0.3) is 5.91 Å². The van der Waals surface area contributed by atoms with E-state index in [4.69, 9.17) is 4.74 Å². The van der Waals surface area contributed by atoms with E-state index in [2.05, 4.69) is 38.5 Å². The van der Waals surface area contributed by atoms with Gasteiger partial charge in [-0.2, -0.15) is 5.10 Å². The van der Waals surface area contributed by atoms with Gasteiger partial charge >= 0.3 is 0 Å². The van der Waals surface area contributed by atoms with Crippen LogP contribution in [0.1, 0.15) is 36.1 Å². The number of imidazole rings is 1. The van der Waals surface area contributed by atoms with Crippen LogP contribution in [-0.2, 0) is 6.54 Å². The first-order chi connectivity index (χ1) is 15.1. The molecule has 1 aromatic carbocycles. The molecule has 31 heavy (non-hydrogen) atoms. The first-order valence-corrected chi connectivity index (χ1v) is 10.8. The number of hydrogen-bond acceptors (Lipinski definition) is 5. The van der Waals surface area contributed by atoms with Crippen LogP contribution in [0.4, 0.5) is 0 Å². The number of hydrogen-bond donors (Lipinski definition) is 1. The third kappa shape index (κ3) is 4.64. The fraction of sp³-hybridized carbons (Fsp3) is 0.435. The summed E-state index contributed by atoms with van der Waals surface area (Å²) in [5.41, 5.74) is 2.08. The number of aromatic nitrogens is 4. The zero-order valence-corrected chi connectivity index (χ0v) is 18.4. The van der Waals surface area contributed by atoms with Gasteiger partial charge in [0.2, 0.25) is 0 Å². The normalized spacial score (nSPS) is 14.9. The van der Waals surface area contributed by atoms with E-state index < -0.39 is 0 Å². The number of carbonyl (C=O) groups is 1. The number of amides is 1. The maximum Gasteiger partial charge on any atom is 0.271 e. The highest BCUT2D eigenvalue weighted by atomic mass is 16.5. The van der Waals surface area contributed by atoms with Crippen molar-refractivity contribution in [3.63, 3.8) is 0 Å². The van der Waals surface area contributed by atoms with Gasteiger partial charge in [-0.3, -0.25) is 14.8 Å². The van der Waals surface area contributed by atoms with Gasteiger partial charge in [-0.25, -0.2) is 4.98 Å². The first-order valence-electron chi connectivity index (χ1n) is 10.8. The molecule has 0 saturated carbocycles. The van der Waals surface area contributed by atoms with Gasteiger partial charge in [-0.1, -0.05) is 26.0 Å². The van der Waals surface area contributed by atoms with E-state index in [-0.39, 0.29) is 5.91 Å². The van der Waals surface area contributed by atoms with Crippen LogP contribution < -0.4 is 4.74 Å². The third-order valence-electron chi connectivity index (χ3n) is 5.77. The Morgan fingerprint density at radius 2 is 1.94 bits per heavy atom. The summed E-state index contributed by atoms with van der Waals surface area (Å²) in [7, 11) is 1.63. The fourth-order valence-corrected chi connectivity index (χ4v) is 4.03. The van der Waals surface area contributed by atoms with Gasteiger partial charge in [-0.15, -0.1) is 0 Å². The van der Waals surface area contributed by atoms with Crippen LogP contribution in [-0.4, -0.2) is 75.3 Å². The maximum atomic E-state index is 13.0. The quantitative estimate of drug-likeness (QED) is 0.633. The van der Waals surface area contributed by atoms with Crippen molar-refractivity contribution in [1.82, 2.24) is 29.5 Å². The van der Waals surface area contributed by atoms with Crippen LogP contribution in [0.25, 0.3) is 11.3 Å². The molecule has 2 aromatic heterocycles. The number of H-pyrrole nitrogens is 1. The zero-order chi connectivity index (χ0) is 21.8. The molecule has 0 unspecified atom stereocenters. The van der Waals surface area contributed by atoms with Crippen molar-refractivity contribution in [2.24, 2.45) is 0 Å². The molecule has 1 amide bonds. The van der Waals surface area contributed by atoms with Crippen molar-refractivity contribution in [3.05, 3.63) is 54.2 Å². The van der Waals surface area contributed by atoms with Crippen molar-refractivity contribution in [2.45, 2.75) is 26.3 Å². The molecule has 0 bridgehead atoms. The van der Waals surface area contributed by atoms with Crippen LogP contribution in [0.15, 0.2) is 42.7 Å².